The van der Waals surface area contributed by atoms with E-state index in [0.29, 0.717) is 16.9 Å². The fourth-order valence-corrected chi connectivity index (χ4v) is 2.90. The van der Waals surface area contributed by atoms with Gasteiger partial charge >= 0.3 is 0 Å². The van der Waals surface area contributed by atoms with Crippen molar-refractivity contribution in [2.45, 2.75) is 6.61 Å². The van der Waals surface area contributed by atoms with Crippen molar-refractivity contribution in [1.82, 2.24) is 5.32 Å². The standard InChI is InChI=1S/C19H17Cl2N3O4/c1-23-19(25)17(24-26-2)14-6-4-3-5-12(14)11-28-13-9-15(20)18(16(21)10-13)27-8-7-22/h3-6,9-10H,8,11H2,1-2H3,(H,23,25)/b24-17+. The maximum Gasteiger partial charge on any atom is 0.273 e. The van der Waals surface area contributed by atoms with Crippen molar-refractivity contribution in [2.75, 3.05) is 20.8 Å². The Labute approximate surface area is 172 Å². The zero-order valence-corrected chi connectivity index (χ0v) is 16.7. The van der Waals surface area contributed by atoms with Gasteiger partial charge in [-0.25, -0.2) is 0 Å². The zero-order chi connectivity index (χ0) is 20.5. The molecule has 0 atom stereocenters. The highest BCUT2D eigenvalue weighted by molar-refractivity contribution is 6.45. The van der Waals surface area contributed by atoms with Crippen molar-refractivity contribution in [3.63, 3.8) is 0 Å². The van der Waals surface area contributed by atoms with Crippen LogP contribution >= 0.6 is 23.2 Å². The Kier molecular flexibility index (Phi) is 7.93. The molecule has 0 fully saturated rings. The van der Waals surface area contributed by atoms with E-state index in [1.165, 1.54) is 26.3 Å². The smallest absolute Gasteiger partial charge is 0.273 e. The minimum absolute atomic E-state index is 0.125. The van der Waals surface area contributed by atoms with E-state index in [2.05, 4.69) is 10.5 Å². The van der Waals surface area contributed by atoms with Crippen LogP contribution in [0.25, 0.3) is 0 Å². The van der Waals surface area contributed by atoms with Gasteiger partial charge in [0.05, 0.1) is 10.0 Å². The van der Waals surface area contributed by atoms with E-state index < -0.39 is 0 Å². The highest BCUT2D eigenvalue weighted by Crippen LogP contribution is 2.37. The average molecular weight is 422 g/mol. The molecule has 0 bridgehead atoms. The number of benzene rings is 2. The highest BCUT2D eigenvalue weighted by Gasteiger charge is 2.18. The summed E-state index contributed by atoms with van der Waals surface area (Å²) in [5.74, 6) is 0.227. The summed E-state index contributed by atoms with van der Waals surface area (Å²) in [6, 6.07) is 12.1. The molecule has 2 aromatic rings. The van der Waals surface area contributed by atoms with Crippen molar-refractivity contribution in [1.29, 1.82) is 5.26 Å². The average Bonchev–Trinajstić information content (AvgIpc) is 2.69. The predicted molar refractivity (Wildman–Crippen MR) is 106 cm³/mol. The number of nitrogens with one attached hydrogen (secondary N) is 1. The van der Waals surface area contributed by atoms with E-state index in [9.17, 15) is 4.79 Å². The number of amides is 1. The number of rotatable bonds is 8. The third-order valence-corrected chi connectivity index (χ3v) is 4.11. The Hall–Kier alpha value is -2.95. The van der Waals surface area contributed by atoms with Crippen molar-refractivity contribution in [3.05, 3.63) is 57.6 Å². The number of nitriles is 1. The van der Waals surface area contributed by atoms with E-state index >= 15 is 0 Å². The normalized spacial score (nSPS) is 10.8. The first-order valence-corrected chi connectivity index (χ1v) is 8.80. The Morgan fingerprint density at radius 2 is 1.89 bits per heavy atom. The van der Waals surface area contributed by atoms with Gasteiger partial charge in [0, 0.05) is 24.7 Å². The Morgan fingerprint density at radius 3 is 2.50 bits per heavy atom. The van der Waals surface area contributed by atoms with E-state index in [1.807, 2.05) is 12.1 Å². The number of carbonyl (C=O) groups excluding carboxylic acids is 1. The van der Waals surface area contributed by atoms with Gasteiger partial charge in [-0.15, -0.1) is 0 Å². The molecule has 2 rings (SSSR count). The van der Waals surface area contributed by atoms with Gasteiger partial charge in [-0.3, -0.25) is 4.79 Å². The van der Waals surface area contributed by atoms with E-state index in [1.54, 1.807) is 18.2 Å². The first-order chi connectivity index (χ1) is 13.5. The highest BCUT2D eigenvalue weighted by atomic mass is 35.5. The Balaban J connectivity index is 2.25. The first-order valence-electron chi connectivity index (χ1n) is 8.04. The molecule has 0 saturated carbocycles. The van der Waals surface area contributed by atoms with Crippen LogP contribution in [0.5, 0.6) is 11.5 Å². The summed E-state index contributed by atoms with van der Waals surface area (Å²) >= 11 is 12.3. The van der Waals surface area contributed by atoms with Crippen molar-refractivity contribution >= 4 is 34.8 Å². The van der Waals surface area contributed by atoms with E-state index in [0.717, 1.165) is 0 Å². The number of carbonyl (C=O) groups is 1. The molecule has 0 aliphatic heterocycles. The summed E-state index contributed by atoms with van der Waals surface area (Å²) in [7, 11) is 2.87. The zero-order valence-electron chi connectivity index (χ0n) is 15.2. The molecule has 7 nitrogen and oxygen atoms in total. The number of nitrogens with zero attached hydrogens (tertiary/aromatic N) is 2. The lowest BCUT2D eigenvalue weighted by atomic mass is 10.0. The molecule has 0 unspecified atom stereocenters. The first kappa shape index (κ1) is 21.4. The second-order valence-corrected chi connectivity index (χ2v) is 6.12. The molecule has 0 saturated heterocycles. The third kappa shape index (κ3) is 5.28. The number of ether oxygens (including phenoxy) is 2. The lowest BCUT2D eigenvalue weighted by molar-refractivity contribution is -0.114. The van der Waals surface area contributed by atoms with Crippen molar-refractivity contribution < 1.29 is 19.1 Å². The Morgan fingerprint density at radius 1 is 1.21 bits per heavy atom. The number of hydrogen-bond acceptors (Lipinski definition) is 6. The SMILES string of the molecule is CNC(=O)/C(=N/OC)c1ccccc1COc1cc(Cl)c(OCC#N)c(Cl)c1. The second kappa shape index (κ2) is 10.4. The van der Waals surface area contributed by atoms with Gasteiger partial charge in [0.1, 0.15) is 25.5 Å². The van der Waals surface area contributed by atoms with Crippen LogP contribution in [0.15, 0.2) is 41.6 Å². The molecule has 28 heavy (non-hydrogen) atoms. The van der Waals surface area contributed by atoms with Gasteiger partial charge in [-0.05, 0) is 5.56 Å². The predicted octanol–water partition coefficient (Wildman–Crippen LogP) is 3.57. The minimum atomic E-state index is -0.389. The van der Waals surface area contributed by atoms with Gasteiger partial charge in [-0.1, -0.05) is 52.6 Å². The maximum atomic E-state index is 12.1. The molecular formula is C19H17Cl2N3O4. The van der Waals surface area contributed by atoms with Crippen LogP contribution in [-0.4, -0.2) is 32.4 Å². The largest absolute Gasteiger partial charge is 0.489 e. The number of oxime groups is 1. The lowest BCUT2D eigenvalue weighted by Crippen LogP contribution is -2.29. The summed E-state index contributed by atoms with van der Waals surface area (Å²) < 4.78 is 11.0. The topological polar surface area (TPSA) is 92.9 Å². The van der Waals surface area contributed by atoms with Gasteiger partial charge < -0.3 is 19.6 Å². The Bertz CT molecular complexity index is 903. The summed E-state index contributed by atoms with van der Waals surface area (Å²) in [5, 5.41) is 15.4. The summed E-state index contributed by atoms with van der Waals surface area (Å²) in [6.07, 6.45) is 0. The van der Waals surface area contributed by atoms with Gasteiger partial charge in [0.2, 0.25) is 0 Å². The summed E-state index contributed by atoms with van der Waals surface area (Å²) in [4.78, 5) is 16.9. The molecule has 1 amide bonds. The quantitative estimate of drug-likeness (QED) is 0.519. The molecule has 146 valence electrons. The maximum absolute atomic E-state index is 12.1. The molecule has 0 heterocycles. The third-order valence-electron chi connectivity index (χ3n) is 3.54. The van der Waals surface area contributed by atoms with Crippen LogP contribution in [0.3, 0.4) is 0 Å². The summed E-state index contributed by atoms with van der Waals surface area (Å²) in [6.45, 7) is -0.0465. The number of hydrogen-bond donors (Lipinski definition) is 1. The fourth-order valence-electron chi connectivity index (χ4n) is 2.32. The molecule has 0 aliphatic carbocycles. The van der Waals surface area contributed by atoms with Crippen LogP contribution < -0.4 is 14.8 Å². The van der Waals surface area contributed by atoms with Crippen molar-refractivity contribution in [2.24, 2.45) is 5.16 Å². The van der Waals surface area contributed by atoms with E-state index in [-0.39, 0.29) is 40.6 Å². The van der Waals surface area contributed by atoms with Crippen LogP contribution in [0.1, 0.15) is 11.1 Å². The van der Waals surface area contributed by atoms with Crippen LogP contribution in [0.4, 0.5) is 0 Å². The monoisotopic (exact) mass is 421 g/mol. The molecule has 9 heteroatoms. The van der Waals surface area contributed by atoms with Crippen LogP contribution in [-0.2, 0) is 16.2 Å². The van der Waals surface area contributed by atoms with Crippen LogP contribution in [0.2, 0.25) is 10.0 Å². The van der Waals surface area contributed by atoms with Gasteiger partial charge in [-0.2, -0.15) is 5.26 Å². The molecule has 0 radical (unpaired) electrons. The van der Waals surface area contributed by atoms with E-state index in [4.69, 9.17) is 42.8 Å². The second-order valence-electron chi connectivity index (χ2n) is 5.31. The molecular weight excluding hydrogens is 405 g/mol. The van der Waals surface area contributed by atoms with Gasteiger partial charge in [0.25, 0.3) is 5.91 Å². The molecule has 0 aliphatic rings. The summed E-state index contributed by atoms with van der Waals surface area (Å²) in [5.41, 5.74) is 1.40. The number of halogens is 2. The van der Waals surface area contributed by atoms with Crippen LogP contribution in [0, 0.1) is 11.3 Å². The molecule has 0 spiro atoms. The molecule has 1 N–H and O–H groups in total. The van der Waals surface area contributed by atoms with Gasteiger partial charge in [0.15, 0.2) is 18.1 Å². The number of likely N-dealkylation sites (N-methyl/N-ethyl adjacent to an activating group) is 1. The molecule has 0 aromatic heterocycles. The lowest BCUT2D eigenvalue weighted by Gasteiger charge is -2.14. The van der Waals surface area contributed by atoms with Crippen molar-refractivity contribution in [3.8, 4) is 17.6 Å². The fraction of sp³-hybridized carbons (Fsp3) is 0.211. The molecule has 2 aromatic carbocycles. The minimum Gasteiger partial charge on any atom is -0.489 e.